The lowest BCUT2D eigenvalue weighted by atomic mass is 10.2. The minimum atomic E-state index is -0.247. The lowest BCUT2D eigenvalue weighted by Gasteiger charge is -2.12. The van der Waals surface area contributed by atoms with Crippen molar-refractivity contribution in [3.05, 3.63) is 12.2 Å². The van der Waals surface area contributed by atoms with E-state index in [0.29, 0.717) is 13.0 Å². The number of imide groups is 1. The highest BCUT2D eigenvalue weighted by Gasteiger charge is 2.22. The number of carbonyl (C=O) groups excluding carboxylic acids is 3. The van der Waals surface area contributed by atoms with Crippen molar-refractivity contribution in [2.75, 3.05) is 13.6 Å². The second-order valence-corrected chi connectivity index (χ2v) is 3.77. The Morgan fingerprint density at radius 1 is 1.24 bits per heavy atom. The Morgan fingerprint density at radius 2 is 1.88 bits per heavy atom. The maximum Gasteiger partial charge on any atom is 0.253 e. The van der Waals surface area contributed by atoms with Crippen molar-refractivity contribution in [3.63, 3.8) is 0 Å². The van der Waals surface area contributed by atoms with Gasteiger partial charge in [-0.05, 0) is 12.8 Å². The van der Waals surface area contributed by atoms with Crippen molar-refractivity contribution in [1.82, 2.24) is 15.8 Å². The van der Waals surface area contributed by atoms with Crippen molar-refractivity contribution >= 4 is 17.7 Å². The first-order valence-electron chi connectivity index (χ1n) is 5.64. The molecule has 3 amide bonds. The van der Waals surface area contributed by atoms with Gasteiger partial charge in [-0.15, -0.1) is 0 Å². The molecule has 0 saturated heterocycles. The summed E-state index contributed by atoms with van der Waals surface area (Å²) in [5.74, 6) is -0.548. The molecule has 6 heteroatoms. The van der Waals surface area contributed by atoms with E-state index in [1.807, 2.05) is 0 Å². The van der Waals surface area contributed by atoms with Gasteiger partial charge in [-0.2, -0.15) is 0 Å². The molecule has 0 aromatic rings. The predicted octanol–water partition coefficient (Wildman–Crippen LogP) is 0.214. The highest BCUT2D eigenvalue weighted by Crippen LogP contribution is 2.07. The number of rotatable bonds is 7. The first kappa shape index (κ1) is 13.4. The van der Waals surface area contributed by atoms with Gasteiger partial charge >= 0.3 is 0 Å². The molecule has 17 heavy (non-hydrogen) atoms. The molecule has 0 atom stereocenters. The summed E-state index contributed by atoms with van der Waals surface area (Å²) in [4.78, 5) is 34.7. The zero-order valence-corrected chi connectivity index (χ0v) is 9.86. The molecule has 98 valence electrons. The van der Waals surface area contributed by atoms with E-state index in [0.717, 1.165) is 19.3 Å². The average Bonchev–Trinajstić information content (AvgIpc) is 2.60. The second-order valence-electron chi connectivity index (χ2n) is 3.77. The molecular weight excluding hydrogens is 222 g/mol. The third-order valence-corrected chi connectivity index (χ3v) is 2.45. The molecule has 0 unspecified atom stereocenters. The monoisotopic (exact) mass is 243 g/mol. The number of hydrogen-bond acceptors (Lipinski definition) is 4. The van der Waals surface area contributed by atoms with Crippen molar-refractivity contribution in [2.24, 2.45) is 0 Å². The molecule has 1 rings (SSSR count). The molecule has 0 aliphatic carbocycles. The molecule has 0 radical (unpaired) electrons. The number of amides is 3. The molecule has 0 spiro atoms. The molecule has 2 N–H and O–H groups in total. The van der Waals surface area contributed by atoms with Crippen LogP contribution in [0.15, 0.2) is 12.2 Å². The Hall–Kier alpha value is -1.69. The average molecular weight is 243 g/mol. The fourth-order valence-electron chi connectivity index (χ4n) is 1.59. The third-order valence-electron chi connectivity index (χ3n) is 2.45. The Morgan fingerprint density at radius 3 is 2.47 bits per heavy atom. The molecule has 1 aliphatic heterocycles. The van der Waals surface area contributed by atoms with Gasteiger partial charge < -0.3 is 0 Å². The van der Waals surface area contributed by atoms with E-state index in [1.165, 1.54) is 17.1 Å². The van der Waals surface area contributed by atoms with Gasteiger partial charge in [0.05, 0.1) is 0 Å². The normalized spacial score (nSPS) is 14.5. The van der Waals surface area contributed by atoms with E-state index >= 15 is 0 Å². The number of nitrogens with zero attached hydrogens (tertiary/aromatic N) is 1. The van der Waals surface area contributed by atoms with Crippen LogP contribution < -0.4 is 10.9 Å². The number of hydrazine groups is 1. The standard InChI is InChI=1S/C11H17N3O3.2H2/c1-12-13-9(15)5-3-2-4-8-14-10(16)6-7-11(14)17;;/h6-7,12H,2-5,8H2,1H3,(H,13,15);2*1H. The lowest BCUT2D eigenvalue weighted by Crippen LogP contribution is -2.34. The molecule has 0 aromatic carbocycles. The summed E-state index contributed by atoms with van der Waals surface area (Å²) in [6, 6.07) is 0. The van der Waals surface area contributed by atoms with Gasteiger partial charge in [-0.1, -0.05) is 6.42 Å². The van der Waals surface area contributed by atoms with Crippen LogP contribution >= 0.6 is 0 Å². The summed E-state index contributed by atoms with van der Waals surface area (Å²) in [7, 11) is 1.63. The van der Waals surface area contributed by atoms with Crippen LogP contribution in [0.3, 0.4) is 0 Å². The van der Waals surface area contributed by atoms with E-state index < -0.39 is 0 Å². The summed E-state index contributed by atoms with van der Waals surface area (Å²) in [5.41, 5.74) is 5.03. The van der Waals surface area contributed by atoms with Gasteiger partial charge in [-0.3, -0.25) is 24.7 Å². The molecule has 0 fully saturated rings. The van der Waals surface area contributed by atoms with E-state index in [1.54, 1.807) is 7.05 Å². The molecular formula is C11H21N3O3. The zero-order chi connectivity index (χ0) is 12.7. The lowest BCUT2D eigenvalue weighted by molar-refractivity contribution is -0.137. The van der Waals surface area contributed by atoms with E-state index in [2.05, 4.69) is 10.9 Å². The highest BCUT2D eigenvalue weighted by molar-refractivity contribution is 6.12. The van der Waals surface area contributed by atoms with Crippen LogP contribution in [0.5, 0.6) is 0 Å². The molecule has 1 aliphatic rings. The number of carbonyl (C=O) groups is 3. The van der Waals surface area contributed by atoms with Gasteiger partial charge in [0.1, 0.15) is 0 Å². The third kappa shape index (κ3) is 4.36. The van der Waals surface area contributed by atoms with Crippen LogP contribution in [0, 0.1) is 0 Å². The number of nitrogens with one attached hydrogen (secondary N) is 2. The van der Waals surface area contributed by atoms with Gasteiger partial charge in [0, 0.05) is 35.0 Å². The van der Waals surface area contributed by atoms with Gasteiger partial charge in [-0.25, -0.2) is 5.43 Å². The van der Waals surface area contributed by atoms with Crippen molar-refractivity contribution in [3.8, 4) is 0 Å². The van der Waals surface area contributed by atoms with Crippen molar-refractivity contribution in [2.45, 2.75) is 25.7 Å². The maximum atomic E-state index is 11.2. The summed E-state index contributed by atoms with van der Waals surface area (Å²) >= 11 is 0. The molecule has 6 nitrogen and oxygen atoms in total. The predicted molar refractivity (Wildman–Crippen MR) is 65.8 cm³/mol. The number of unbranched alkanes of at least 4 members (excludes halogenated alkanes) is 2. The quantitative estimate of drug-likeness (QED) is 0.381. The zero-order valence-electron chi connectivity index (χ0n) is 9.86. The van der Waals surface area contributed by atoms with Crippen molar-refractivity contribution in [1.29, 1.82) is 0 Å². The molecule has 0 aromatic heterocycles. The topological polar surface area (TPSA) is 78.5 Å². The van der Waals surface area contributed by atoms with Crippen LogP contribution in [-0.2, 0) is 14.4 Å². The minimum absolute atomic E-state index is 0. The number of hydrogen-bond donors (Lipinski definition) is 2. The summed E-state index contributed by atoms with van der Waals surface area (Å²) in [5, 5.41) is 0. The van der Waals surface area contributed by atoms with Crippen LogP contribution in [0.1, 0.15) is 28.5 Å². The van der Waals surface area contributed by atoms with Gasteiger partial charge in [0.15, 0.2) is 0 Å². The van der Waals surface area contributed by atoms with Gasteiger partial charge in [0.2, 0.25) is 5.91 Å². The van der Waals surface area contributed by atoms with Crippen LogP contribution in [0.4, 0.5) is 0 Å². The minimum Gasteiger partial charge on any atom is -0.292 e. The van der Waals surface area contributed by atoms with Crippen LogP contribution in [0.25, 0.3) is 0 Å². The van der Waals surface area contributed by atoms with Crippen LogP contribution in [-0.4, -0.2) is 36.2 Å². The Kier molecular flexibility index (Phi) is 5.35. The highest BCUT2D eigenvalue weighted by atomic mass is 16.2. The Balaban J connectivity index is 0. The maximum absolute atomic E-state index is 11.2. The molecule has 0 saturated carbocycles. The van der Waals surface area contributed by atoms with Crippen molar-refractivity contribution < 1.29 is 17.2 Å². The fraction of sp³-hybridized carbons (Fsp3) is 0.545. The van der Waals surface area contributed by atoms with E-state index in [-0.39, 0.29) is 20.6 Å². The van der Waals surface area contributed by atoms with Gasteiger partial charge in [0.25, 0.3) is 11.8 Å². The van der Waals surface area contributed by atoms with E-state index in [9.17, 15) is 14.4 Å². The first-order valence-corrected chi connectivity index (χ1v) is 5.64. The first-order chi connectivity index (χ1) is 8.15. The van der Waals surface area contributed by atoms with Crippen LogP contribution in [0.2, 0.25) is 0 Å². The molecule has 0 bridgehead atoms. The summed E-state index contributed by atoms with van der Waals surface area (Å²) < 4.78 is 0. The summed E-state index contributed by atoms with van der Waals surface area (Å²) in [6.45, 7) is 0.429. The fourth-order valence-corrected chi connectivity index (χ4v) is 1.59. The summed E-state index contributed by atoms with van der Waals surface area (Å²) in [6.07, 6.45) is 5.30. The van der Waals surface area contributed by atoms with E-state index in [4.69, 9.17) is 0 Å². The second kappa shape index (κ2) is 6.80. The molecule has 1 heterocycles. The largest absolute Gasteiger partial charge is 0.292 e. The Labute approximate surface area is 103 Å². The SMILES string of the molecule is CNNC(=O)CCCCCN1C(=O)C=CC1=O.[HH].[HH]. The smallest absolute Gasteiger partial charge is 0.253 e. The Bertz CT molecular complexity index is 330.